The monoisotopic (exact) mass is 164 g/mol. The number of fused-ring (bicyclic) bond motifs is 1. The Balaban J connectivity index is 0.000000845. The molecule has 0 amide bonds. The molecular formula is C11H9LiO. The first-order chi connectivity index (χ1) is 5.90. The maximum absolute atomic E-state index is 5.11. The average molecular weight is 164 g/mol. The first-order valence-electron chi connectivity index (χ1n) is 3.84. The van der Waals surface area contributed by atoms with Crippen LogP contribution in [0.1, 0.15) is 0 Å². The number of hydrogen-bond acceptors (Lipinski definition) is 1. The van der Waals surface area contributed by atoms with Gasteiger partial charge in [0, 0.05) is 0 Å². The third-order valence-electron chi connectivity index (χ3n) is 1.89. The maximum atomic E-state index is 5.11. The summed E-state index contributed by atoms with van der Waals surface area (Å²) in [5, 5.41) is 2.38. The first kappa shape index (κ1) is 10.2. The summed E-state index contributed by atoms with van der Waals surface area (Å²) in [5.74, 6) is 0.897. The number of benzene rings is 2. The minimum atomic E-state index is 0. The van der Waals surface area contributed by atoms with E-state index in [1.54, 1.807) is 7.11 Å². The Morgan fingerprint density at radius 2 is 2.00 bits per heavy atom. The number of methoxy groups -OCH3 is 1. The Bertz CT molecular complexity index is 398. The molecule has 0 unspecified atom stereocenters. The topological polar surface area (TPSA) is 9.23 Å². The summed E-state index contributed by atoms with van der Waals surface area (Å²) < 4.78 is 5.11. The SMILES string of the molecule is COc1ccc2c[c-]ccc2c1.[Li+]. The van der Waals surface area contributed by atoms with Crippen LogP contribution in [-0.2, 0) is 0 Å². The van der Waals surface area contributed by atoms with Crippen LogP contribution < -0.4 is 23.6 Å². The molecule has 0 aliphatic rings. The normalized spacial score (nSPS) is 9.31. The van der Waals surface area contributed by atoms with Crippen molar-refractivity contribution in [3.8, 4) is 5.75 Å². The minimum absolute atomic E-state index is 0. The molecule has 0 aliphatic heterocycles. The summed E-state index contributed by atoms with van der Waals surface area (Å²) in [6.07, 6.45) is 0. The molecule has 2 aromatic carbocycles. The summed E-state index contributed by atoms with van der Waals surface area (Å²) in [5.41, 5.74) is 0. The molecule has 2 aromatic rings. The fourth-order valence-electron chi connectivity index (χ4n) is 1.23. The Morgan fingerprint density at radius 3 is 2.77 bits per heavy atom. The molecule has 0 saturated carbocycles. The van der Waals surface area contributed by atoms with Gasteiger partial charge in [-0.25, -0.2) is 0 Å². The van der Waals surface area contributed by atoms with Gasteiger partial charge in [0.15, 0.2) is 0 Å². The Morgan fingerprint density at radius 1 is 1.15 bits per heavy atom. The molecule has 60 valence electrons. The molecule has 0 radical (unpaired) electrons. The number of hydrogen-bond donors (Lipinski definition) is 0. The first-order valence-corrected chi connectivity index (χ1v) is 3.84. The molecule has 0 fully saturated rings. The van der Waals surface area contributed by atoms with E-state index in [0.29, 0.717) is 0 Å². The van der Waals surface area contributed by atoms with Crippen molar-refractivity contribution in [2.75, 3.05) is 7.11 Å². The molecule has 0 saturated heterocycles. The zero-order valence-electron chi connectivity index (χ0n) is 7.87. The molecule has 0 aromatic heterocycles. The van der Waals surface area contributed by atoms with Gasteiger partial charge in [0.05, 0.1) is 7.11 Å². The standard InChI is InChI=1S/C11H9O.Li/c1-12-11-7-6-9-4-2-3-5-10(9)8-11;/h3-8H,1H3;/q-1;+1. The van der Waals surface area contributed by atoms with E-state index in [4.69, 9.17) is 4.74 Å². The van der Waals surface area contributed by atoms with Crippen LogP contribution in [0.4, 0.5) is 0 Å². The molecule has 0 aliphatic carbocycles. The second-order valence-corrected chi connectivity index (χ2v) is 2.64. The van der Waals surface area contributed by atoms with Gasteiger partial charge in [0.25, 0.3) is 0 Å². The molecule has 2 heteroatoms. The van der Waals surface area contributed by atoms with Crippen molar-refractivity contribution in [2.45, 2.75) is 0 Å². The van der Waals surface area contributed by atoms with E-state index in [0.717, 1.165) is 5.75 Å². The smallest absolute Gasteiger partial charge is 0.497 e. The van der Waals surface area contributed by atoms with Crippen molar-refractivity contribution < 1.29 is 23.6 Å². The molecule has 0 heterocycles. The average Bonchev–Trinajstić information content (AvgIpc) is 2.17. The van der Waals surface area contributed by atoms with Gasteiger partial charge in [0.1, 0.15) is 5.75 Å². The van der Waals surface area contributed by atoms with E-state index in [1.807, 2.05) is 36.4 Å². The Labute approximate surface area is 89.9 Å². The molecule has 1 nitrogen and oxygen atoms in total. The van der Waals surface area contributed by atoms with E-state index < -0.39 is 0 Å². The van der Waals surface area contributed by atoms with E-state index in [9.17, 15) is 0 Å². The quantitative estimate of drug-likeness (QED) is 0.413. The summed E-state index contributed by atoms with van der Waals surface area (Å²) in [6, 6.07) is 14.9. The van der Waals surface area contributed by atoms with Crippen molar-refractivity contribution in [3.63, 3.8) is 0 Å². The third kappa shape index (κ3) is 2.06. The van der Waals surface area contributed by atoms with Gasteiger partial charge in [-0.15, -0.1) is 16.8 Å². The van der Waals surface area contributed by atoms with Crippen molar-refractivity contribution in [1.82, 2.24) is 0 Å². The van der Waals surface area contributed by atoms with Crippen molar-refractivity contribution >= 4 is 10.8 Å². The second kappa shape index (κ2) is 4.37. The molecule has 0 atom stereocenters. The fraction of sp³-hybridized carbons (Fsp3) is 0.0909. The molecule has 0 bridgehead atoms. The van der Waals surface area contributed by atoms with E-state index >= 15 is 0 Å². The van der Waals surface area contributed by atoms with Crippen LogP contribution in [0.15, 0.2) is 36.4 Å². The predicted octanol–water partition coefficient (Wildman–Crippen LogP) is -0.347. The Kier molecular flexibility index (Phi) is 3.42. The van der Waals surface area contributed by atoms with Gasteiger partial charge >= 0.3 is 18.9 Å². The van der Waals surface area contributed by atoms with Crippen LogP contribution >= 0.6 is 0 Å². The van der Waals surface area contributed by atoms with Crippen LogP contribution in [0.3, 0.4) is 0 Å². The molecule has 0 spiro atoms. The van der Waals surface area contributed by atoms with Crippen LogP contribution in [0, 0.1) is 6.07 Å². The van der Waals surface area contributed by atoms with Crippen LogP contribution in [0.2, 0.25) is 0 Å². The van der Waals surface area contributed by atoms with Gasteiger partial charge in [-0.05, 0) is 12.1 Å². The van der Waals surface area contributed by atoms with Gasteiger partial charge < -0.3 is 4.74 Å². The summed E-state index contributed by atoms with van der Waals surface area (Å²) >= 11 is 0. The summed E-state index contributed by atoms with van der Waals surface area (Å²) in [6.45, 7) is 0. The van der Waals surface area contributed by atoms with Crippen LogP contribution in [-0.4, -0.2) is 7.11 Å². The number of ether oxygens (including phenoxy) is 1. The van der Waals surface area contributed by atoms with Crippen molar-refractivity contribution in [3.05, 3.63) is 42.5 Å². The molecule has 2 rings (SSSR count). The van der Waals surface area contributed by atoms with Crippen molar-refractivity contribution in [1.29, 1.82) is 0 Å². The summed E-state index contributed by atoms with van der Waals surface area (Å²) in [4.78, 5) is 0. The van der Waals surface area contributed by atoms with E-state index in [-0.39, 0.29) is 18.9 Å². The molecular weight excluding hydrogens is 155 g/mol. The predicted molar refractivity (Wildman–Crippen MR) is 49.3 cm³/mol. The second-order valence-electron chi connectivity index (χ2n) is 2.64. The summed E-state index contributed by atoms with van der Waals surface area (Å²) in [7, 11) is 1.68. The third-order valence-corrected chi connectivity index (χ3v) is 1.89. The zero-order valence-corrected chi connectivity index (χ0v) is 7.87. The van der Waals surface area contributed by atoms with Crippen LogP contribution in [0.25, 0.3) is 10.8 Å². The minimum Gasteiger partial charge on any atom is -0.497 e. The van der Waals surface area contributed by atoms with Gasteiger partial charge in [-0.3, -0.25) is 0 Å². The largest absolute Gasteiger partial charge is 1.00 e. The van der Waals surface area contributed by atoms with Gasteiger partial charge in [0.2, 0.25) is 0 Å². The molecule has 13 heavy (non-hydrogen) atoms. The zero-order chi connectivity index (χ0) is 8.39. The number of rotatable bonds is 1. The Hall–Kier alpha value is -0.903. The fourth-order valence-corrected chi connectivity index (χ4v) is 1.23. The molecule has 0 N–H and O–H groups in total. The van der Waals surface area contributed by atoms with Gasteiger partial charge in [-0.1, -0.05) is 0 Å². The van der Waals surface area contributed by atoms with E-state index in [2.05, 4.69) is 6.07 Å². The van der Waals surface area contributed by atoms with Crippen LogP contribution in [0.5, 0.6) is 5.75 Å². The van der Waals surface area contributed by atoms with Crippen molar-refractivity contribution in [2.24, 2.45) is 0 Å². The van der Waals surface area contributed by atoms with Gasteiger partial charge in [-0.2, -0.15) is 24.3 Å². The van der Waals surface area contributed by atoms with E-state index in [1.165, 1.54) is 10.8 Å². The maximum Gasteiger partial charge on any atom is 1.00 e.